The molecule has 1 aromatic carbocycles. The van der Waals surface area contributed by atoms with Gasteiger partial charge in [-0.1, -0.05) is 6.07 Å². The Morgan fingerprint density at radius 1 is 1.26 bits per heavy atom. The van der Waals surface area contributed by atoms with Crippen LogP contribution in [0.1, 0.15) is 41.3 Å². The number of imidazole rings is 1. The first kappa shape index (κ1) is 23.5. The number of rotatable bonds is 6. The highest BCUT2D eigenvalue weighted by molar-refractivity contribution is 8.24. The molecule has 0 fully saturated rings. The first-order chi connectivity index (χ1) is 16.0. The monoisotopic (exact) mass is 485 g/mol. The van der Waals surface area contributed by atoms with Gasteiger partial charge in [-0.05, 0) is 62.9 Å². The molecule has 4 rings (SSSR count). The lowest BCUT2D eigenvalue weighted by atomic mass is 10.1. The van der Waals surface area contributed by atoms with Crippen LogP contribution in [0.2, 0.25) is 0 Å². The fourth-order valence-electron chi connectivity index (χ4n) is 3.61. The Hall–Kier alpha value is -3.61. The number of carbonyl (C=O) groups excluding carboxylic acids is 1. The van der Waals surface area contributed by atoms with Crippen molar-refractivity contribution in [3.8, 4) is 11.6 Å². The summed E-state index contributed by atoms with van der Waals surface area (Å²) >= 11 is 0. The Kier molecular flexibility index (Phi) is 5.98. The second-order valence-electron chi connectivity index (χ2n) is 8.59. The van der Waals surface area contributed by atoms with E-state index < -0.39 is 16.5 Å². The summed E-state index contributed by atoms with van der Waals surface area (Å²) in [5.74, 6) is 1.47. The molecule has 0 radical (unpaired) electrons. The molecule has 0 saturated carbocycles. The Balaban J connectivity index is 1.48. The lowest BCUT2D eigenvalue weighted by molar-refractivity contribution is 0.0880. The van der Waals surface area contributed by atoms with E-state index in [0.717, 1.165) is 11.5 Å². The standard InChI is InChI=1S/C22H27N7O4S/c1-13-11-25-14(2)29(13)18-10-15(8-9-24-18)21(30)26-22(3,4)12-33-17-7-5-6-16-19(17)20(23)28-34(31,32)27-16/h5-11,27,31-32H,12H2,1-4H3,(H2,23,28)(H,26,30). The molecule has 1 aliphatic heterocycles. The number of aromatic nitrogens is 3. The number of fused-ring (bicyclic) bond motifs is 1. The summed E-state index contributed by atoms with van der Waals surface area (Å²) in [6.45, 7) is 7.58. The Morgan fingerprint density at radius 2 is 2.03 bits per heavy atom. The number of amidine groups is 1. The van der Waals surface area contributed by atoms with Gasteiger partial charge in [0.2, 0.25) is 0 Å². The molecule has 0 aliphatic carbocycles. The van der Waals surface area contributed by atoms with Gasteiger partial charge in [0, 0.05) is 23.7 Å². The molecule has 1 aliphatic rings. The van der Waals surface area contributed by atoms with Gasteiger partial charge in [0.1, 0.15) is 24.0 Å². The summed E-state index contributed by atoms with van der Waals surface area (Å²) in [6, 6.07) is 8.40. The predicted molar refractivity (Wildman–Crippen MR) is 132 cm³/mol. The maximum absolute atomic E-state index is 13.0. The average molecular weight is 486 g/mol. The van der Waals surface area contributed by atoms with Crippen molar-refractivity contribution in [2.75, 3.05) is 11.3 Å². The van der Waals surface area contributed by atoms with E-state index in [2.05, 4.69) is 24.4 Å². The number of anilines is 1. The van der Waals surface area contributed by atoms with Crippen LogP contribution in [0, 0.1) is 13.8 Å². The topological polar surface area (TPSA) is 160 Å². The minimum Gasteiger partial charge on any atom is -0.490 e. The smallest absolute Gasteiger partial charge is 0.252 e. The number of nitrogens with two attached hydrogens (primary N) is 1. The molecule has 0 atom stereocenters. The Labute approximate surface area is 198 Å². The Morgan fingerprint density at radius 3 is 2.74 bits per heavy atom. The molecule has 1 amide bonds. The van der Waals surface area contributed by atoms with Crippen LogP contribution in [-0.4, -0.2) is 47.5 Å². The van der Waals surface area contributed by atoms with Crippen LogP contribution in [0.3, 0.4) is 0 Å². The molecule has 0 saturated heterocycles. The molecular formula is C22H27N7O4S. The molecule has 0 unspecified atom stereocenters. The fourth-order valence-corrected chi connectivity index (χ4v) is 4.49. The summed E-state index contributed by atoms with van der Waals surface area (Å²) in [5.41, 5.74) is 7.40. The van der Waals surface area contributed by atoms with E-state index in [1.165, 1.54) is 0 Å². The van der Waals surface area contributed by atoms with E-state index in [1.807, 2.05) is 32.3 Å². The normalized spacial score (nSPS) is 15.5. The molecule has 180 valence electrons. The van der Waals surface area contributed by atoms with Gasteiger partial charge in [-0.25, -0.2) is 9.97 Å². The van der Waals surface area contributed by atoms with Crippen molar-refractivity contribution >= 4 is 28.4 Å². The molecule has 2 aromatic heterocycles. The zero-order chi connectivity index (χ0) is 24.7. The summed E-state index contributed by atoms with van der Waals surface area (Å²) in [4.78, 5) is 21.7. The zero-order valence-electron chi connectivity index (χ0n) is 19.2. The van der Waals surface area contributed by atoms with Crippen LogP contribution in [-0.2, 0) is 0 Å². The van der Waals surface area contributed by atoms with Crippen LogP contribution in [0.4, 0.5) is 5.69 Å². The van der Waals surface area contributed by atoms with Crippen molar-refractivity contribution in [3.63, 3.8) is 0 Å². The van der Waals surface area contributed by atoms with Crippen LogP contribution in [0.5, 0.6) is 5.75 Å². The third kappa shape index (κ3) is 4.83. The highest BCUT2D eigenvalue weighted by atomic mass is 32.3. The van der Waals surface area contributed by atoms with E-state index in [9.17, 15) is 13.9 Å². The van der Waals surface area contributed by atoms with Gasteiger partial charge in [-0.15, -0.1) is 4.40 Å². The van der Waals surface area contributed by atoms with Gasteiger partial charge in [0.25, 0.3) is 5.91 Å². The minimum atomic E-state index is -3.39. The van der Waals surface area contributed by atoms with E-state index in [0.29, 0.717) is 28.4 Å². The van der Waals surface area contributed by atoms with Gasteiger partial charge >= 0.3 is 0 Å². The minimum absolute atomic E-state index is 0.0411. The number of amides is 1. The Bertz CT molecular complexity index is 1270. The maximum atomic E-state index is 13.0. The molecule has 34 heavy (non-hydrogen) atoms. The first-order valence-electron chi connectivity index (χ1n) is 10.4. The number of nitrogens with zero attached hydrogens (tertiary/aromatic N) is 4. The SMILES string of the molecule is Cc1cnc(C)n1-c1cc(C(=O)NC(C)(C)COc2cccc3c2C(N)=NS(O)(O)N3)ccn1. The number of ether oxygens (including phenoxy) is 1. The second-order valence-corrected chi connectivity index (χ2v) is 10.0. The van der Waals surface area contributed by atoms with Crippen molar-refractivity contribution in [3.05, 3.63) is 65.4 Å². The lowest BCUT2D eigenvalue weighted by Crippen LogP contribution is -2.48. The molecule has 0 bridgehead atoms. The number of hydrogen-bond donors (Lipinski definition) is 5. The third-order valence-corrected chi connectivity index (χ3v) is 6.09. The fraction of sp³-hybridized carbons (Fsp3) is 0.273. The zero-order valence-corrected chi connectivity index (χ0v) is 20.1. The number of nitrogens with one attached hydrogen (secondary N) is 2. The van der Waals surface area contributed by atoms with Crippen molar-refractivity contribution in [1.29, 1.82) is 0 Å². The van der Waals surface area contributed by atoms with Gasteiger partial charge in [-0.3, -0.25) is 23.2 Å². The van der Waals surface area contributed by atoms with E-state index in [4.69, 9.17) is 10.5 Å². The van der Waals surface area contributed by atoms with Crippen molar-refractivity contribution < 1.29 is 18.6 Å². The van der Waals surface area contributed by atoms with Gasteiger partial charge in [0.05, 0.1) is 16.8 Å². The van der Waals surface area contributed by atoms with Crippen LogP contribution < -0.4 is 20.5 Å². The predicted octanol–water partition coefficient (Wildman–Crippen LogP) is 3.18. The highest BCUT2D eigenvalue weighted by Gasteiger charge is 2.27. The van der Waals surface area contributed by atoms with Crippen LogP contribution in [0.25, 0.3) is 5.82 Å². The number of aryl methyl sites for hydroxylation is 2. The third-order valence-electron chi connectivity index (χ3n) is 5.15. The number of pyridine rings is 1. The summed E-state index contributed by atoms with van der Waals surface area (Å²) < 4.78 is 33.7. The van der Waals surface area contributed by atoms with Crippen LogP contribution in [0.15, 0.2) is 47.1 Å². The van der Waals surface area contributed by atoms with Crippen molar-refractivity contribution in [1.82, 2.24) is 19.9 Å². The maximum Gasteiger partial charge on any atom is 0.252 e. The molecular weight excluding hydrogens is 458 g/mol. The van der Waals surface area contributed by atoms with E-state index >= 15 is 0 Å². The molecule has 12 heteroatoms. The number of hydrogen-bond acceptors (Lipinski definition) is 9. The van der Waals surface area contributed by atoms with E-state index in [-0.39, 0.29) is 18.3 Å². The first-order valence-corrected chi connectivity index (χ1v) is 11.9. The van der Waals surface area contributed by atoms with E-state index in [1.54, 1.807) is 42.7 Å². The number of carbonyl (C=O) groups is 1. The van der Waals surface area contributed by atoms with Crippen molar-refractivity contribution in [2.45, 2.75) is 33.2 Å². The lowest BCUT2D eigenvalue weighted by Gasteiger charge is -2.34. The molecule has 3 heterocycles. The second kappa shape index (κ2) is 8.63. The highest BCUT2D eigenvalue weighted by Crippen LogP contribution is 2.46. The number of benzene rings is 1. The summed E-state index contributed by atoms with van der Waals surface area (Å²) in [6.07, 6.45) is 3.34. The van der Waals surface area contributed by atoms with Crippen LogP contribution >= 0.6 is 11.0 Å². The summed E-state index contributed by atoms with van der Waals surface area (Å²) in [5, 5.41) is 2.98. The van der Waals surface area contributed by atoms with Gasteiger partial charge < -0.3 is 15.8 Å². The summed E-state index contributed by atoms with van der Waals surface area (Å²) in [7, 11) is -3.39. The molecule has 0 spiro atoms. The quantitative estimate of drug-likeness (QED) is 0.356. The molecule has 3 aromatic rings. The average Bonchev–Trinajstić information content (AvgIpc) is 3.09. The largest absolute Gasteiger partial charge is 0.490 e. The van der Waals surface area contributed by atoms with Crippen molar-refractivity contribution in [2.24, 2.45) is 10.1 Å². The van der Waals surface area contributed by atoms with Gasteiger partial charge in [0.15, 0.2) is 5.84 Å². The molecule has 11 nitrogen and oxygen atoms in total. The molecule has 6 N–H and O–H groups in total. The van der Waals surface area contributed by atoms with Gasteiger partial charge in [-0.2, -0.15) is 0 Å².